The molecule has 2 aliphatic carbocycles. The Balaban J connectivity index is 1.96. The van der Waals surface area contributed by atoms with Gasteiger partial charge in [-0.1, -0.05) is 12.8 Å². The van der Waals surface area contributed by atoms with E-state index in [1.165, 1.54) is 12.8 Å². The van der Waals surface area contributed by atoms with E-state index < -0.39 is 0 Å². The topological polar surface area (TPSA) is 66.6 Å². The molecule has 0 bridgehead atoms. The molecule has 2 aliphatic rings. The van der Waals surface area contributed by atoms with Gasteiger partial charge in [0.15, 0.2) is 0 Å². The standard InChI is InChI=1S/C13H24N2O2/c14-11-6-5-10(9-11)13(17)15(7-8-16)12-3-1-2-4-12/h10-12,16H,1-9,14H2. The highest BCUT2D eigenvalue weighted by Crippen LogP contribution is 2.30. The summed E-state index contributed by atoms with van der Waals surface area (Å²) in [6, 6.07) is 0.565. The molecule has 3 N–H and O–H groups in total. The van der Waals surface area contributed by atoms with Gasteiger partial charge < -0.3 is 15.7 Å². The summed E-state index contributed by atoms with van der Waals surface area (Å²) in [7, 11) is 0. The van der Waals surface area contributed by atoms with Crippen molar-refractivity contribution in [3.05, 3.63) is 0 Å². The predicted molar refractivity (Wildman–Crippen MR) is 66.4 cm³/mol. The Labute approximate surface area is 103 Å². The van der Waals surface area contributed by atoms with Crippen molar-refractivity contribution in [1.29, 1.82) is 0 Å². The van der Waals surface area contributed by atoms with Crippen LogP contribution in [0.25, 0.3) is 0 Å². The third-order valence-corrected chi connectivity index (χ3v) is 4.21. The molecular formula is C13H24N2O2. The van der Waals surface area contributed by atoms with Gasteiger partial charge in [0.25, 0.3) is 0 Å². The number of aliphatic hydroxyl groups excluding tert-OH is 1. The minimum atomic E-state index is 0.0704. The second-order valence-electron chi connectivity index (χ2n) is 5.46. The van der Waals surface area contributed by atoms with E-state index >= 15 is 0 Å². The average Bonchev–Trinajstić information content (AvgIpc) is 2.95. The zero-order valence-corrected chi connectivity index (χ0v) is 10.5. The molecule has 2 atom stereocenters. The van der Waals surface area contributed by atoms with Crippen LogP contribution in [0.15, 0.2) is 0 Å². The van der Waals surface area contributed by atoms with Gasteiger partial charge in [-0.2, -0.15) is 0 Å². The molecule has 17 heavy (non-hydrogen) atoms. The fourth-order valence-electron chi connectivity index (χ4n) is 3.27. The lowest BCUT2D eigenvalue weighted by Gasteiger charge is -2.30. The van der Waals surface area contributed by atoms with Gasteiger partial charge in [-0.3, -0.25) is 4.79 Å². The quantitative estimate of drug-likeness (QED) is 0.766. The minimum absolute atomic E-state index is 0.0704. The molecule has 1 amide bonds. The second kappa shape index (κ2) is 5.83. The van der Waals surface area contributed by atoms with Crippen LogP contribution in [0.1, 0.15) is 44.9 Å². The minimum Gasteiger partial charge on any atom is -0.395 e. The maximum Gasteiger partial charge on any atom is 0.226 e. The van der Waals surface area contributed by atoms with Gasteiger partial charge in [0.05, 0.1) is 6.61 Å². The van der Waals surface area contributed by atoms with E-state index in [-0.39, 0.29) is 24.5 Å². The number of carbonyl (C=O) groups is 1. The van der Waals surface area contributed by atoms with E-state index in [9.17, 15) is 4.79 Å². The summed E-state index contributed by atoms with van der Waals surface area (Å²) in [4.78, 5) is 14.4. The number of nitrogens with two attached hydrogens (primary N) is 1. The Morgan fingerprint density at radius 1 is 1.24 bits per heavy atom. The van der Waals surface area contributed by atoms with E-state index in [2.05, 4.69) is 0 Å². The average molecular weight is 240 g/mol. The molecule has 2 unspecified atom stereocenters. The number of amides is 1. The summed E-state index contributed by atoms with van der Waals surface area (Å²) in [6.45, 7) is 0.566. The van der Waals surface area contributed by atoms with Gasteiger partial charge >= 0.3 is 0 Å². The molecule has 2 saturated carbocycles. The molecule has 4 heteroatoms. The number of aliphatic hydroxyl groups is 1. The molecule has 2 rings (SSSR count). The zero-order chi connectivity index (χ0) is 12.3. The zero-order valence-electron chi connectivity index (χ0n) is 10.5. The molecular weight excluding hydrogens is 216 g/mol. The first kappa shape index (κ1) is 12.8. The molecule has 0 saturated heterocycles. The smallest absolute Gasteiger partial charge is 0.226 e. The number of rotatable bonds is 4. The Hall–Kier alpha value is -0.610. The highest BCUT2D eigenvalue weighted by molar-refractivity contribution is 5.79. The Morgan fingerprint density at radius 3 is 2.47 bits per heavy atom. The predicted octanol–water partition coefficient (Wildman–Crippen LogP) is 0.877. The van der Waals surface area contributed by atoms with E-state index in [1.807, 2.05) is 4.90 Å². The molecule has 98 valence electrons. The second-order valence-corrected chi connectivity index (χ2v) is 5.46. The van der Waals surface area contributed by atoms with Gasteiger partial charge in [-0.25, -0.2) is 0 Å². The number of hydrogen-bond donors (Lipinski definition) is 2. The van der Waals surface area contributed by atoms with Crippen LogP contribution in [-0.4, -0.2) is 41.1 Å². The summed E-state index contributed by atoms with van der Waals surface area (Å²) in [5, 5.41) is 9.12. The van der Waals surface area contributed by atoms with Crippen LogP contribution in [0, 0.1) is 5.92 Å². The summed E-state index contributed by atoms with van der Waals surface area (Å²) in [5.74, 6) is 0.344. The van der Waals surface area contributed by atoms with Crippen molar-refractivity contribution in [2.45, 2.75) is 57.0 Å². The van der Waals surface area contributed by atoms with Crippen molar-refractivity contribution in [3.8, 4) is 0 Å². The Bertz CT molecular complexity index is 264. The van der Waals surface area contributed by atoms with Crippen molar-refractivity contribution >= 4 is 5.91 Å². The summed E-state index contributed by atoms with van der Waals surface area (Å²) in [5.41, 5.74) is 5.87. The first-order chi connectivity index (χ1) is 8.22. The fourth-order valence-corrected chi connectivity index (χ4v) is 3.27. The van der Waals surface area contributed by atoms with Crippen molar-refractivity contribution in [3.63, 3.8) is 0 Å². The van der Waals surface area contributed by atoms with Gasteiger partial charge in [0.2, 0.25) is 5.91 Å². The lowest BCUT2D eigenvalue weighted by atomic mass is 10.0. The lowest BCUT2D eigenvalue weighted by Crippen LogP contribution is -2.43. The molecule has 0 aromatic heterocycles. The Morgan fingerprint density at radius 2 is 1.94 bits per heavy atom. The van der Waals surface area contributed by atoms with Crippen LogP contribution >= 0.6 is 0 Å². The first-order valence-corrected chi connectivity index (χ1v) is 6.89. The number of hydrogen-bond acceptors (Lipinski definition) is 3. The molecule has 0 radical (unpaired) electrons. The van der Waals surface area contributed by atoms with E-state index in [4.69, 9.17) is 10.8 Å². The van der Waals surface area contributed by atoms with Crippen molar-refractivity contribution in [2.24, 2.45) is 11.7 Å². The number of nitrogens with zero attached hydrogens (tertiary/aromatic N) is 1. The lowest BCUT2D eigenvalue weighted by molar-refractivity contribution is -0.138. The maximum atomic E-state index is 12.4. The Kier molecular flexibility index (Phi) is 4.40. The third kappa shape index (κ3) is 2.99. The summed E-state index contributed by atoms with van der Waals surface area (Å²) in [6.07, 6.45) is 7.35. The van der Waals surface area contributed by atoms with Crippen LogP contribution in [0.3, 0.4) is 0 Å². The van der Waals surface area contributed by atoms with Gasteiger partial charge in [-0.05, 0) is 32.1 Å². The molecule has 0 aromatic rings. The van der Waals surface area contributed by atoms with Gasteiger partial charge in [0.1, 0.15) is 0 Å². The normalized spacial score (nSPS) is 29.8. The monoisotopic (exact) mass is 240 g/mol. The number of carbonyl (C=O) groups excluding carboxylic acids is 1. The van der Waals surface area contributed by atoms with E-state index in [0.717, 1.165) is 32.1 Å². The van der Waals surface area contributed by atoms with Crippen LogP contribution < -0.4 is 5.73 Å². The third-order valence-electron chi connectivity index (χ3n) is 4.21. The summed E-state index contributed by atoms with van der Waals surface area (Å²) < 4.78 is 0. The van der Waals surface area contributed by atoms with E-state index in [0.29, 0.717) is 12.6 Å². The molecule has 0 heterocycles. The van der Waals surface area contributed by atoms with Crippen LogP contribution in [0.5, 0.6) is 0 Å². The molecule has 0 aliphatic heterocycles. The molecule has 0 spiro atoms. The molecule has 2 fully saturated rings. The van der Waals surface area contributed by atoms with Crippen molar-refractivity contribution < 1.29 is 9.90 Å². The highest BCUT2D eigenvalue weighted by Gasteiger charge is 2.34. The van der Waals surface area contributed by atoms with Gasteiger partial charge in [0, 0.05) is 24.5 Å². The van der Waals surface area contributed by atoms with Crippen LogP contribution in [0.4, 0.5) is 0 Å². The van der Waals surface area contributed by atoms with Crippen LogP contribution in [0.2, 0.25) is 0 Å². The van der Waals surface area contributed by atoms with Crippen LogP contribution in [-0.2, 0) is 4.79 Å². The fraction of sp³-hybridized carbons (Fsp3) is 0.923. The van der Waals surface area contributed by atoms with E-state index in [1.54, 1.807) is 0 Å². The van der Waals surface area contributed by atoms with Crippen molar-refractivity contribution in [2.75, 3.05) is 13.2 Å². The SMILES string of the molecule is NC1CCC(C(=O)N(CCO)C2CCCC2)C1. The molecule has 4 nitrogen and oxygen atoms in total. The largest absolute Gasteiger partial charge is 0.395 e. The maximum absolute atomic E-state index is 12.4. The highest BCUT2D eigenvalue weighted by atomic mass is 16.3. The molecule has 0 aromatic carbocycles. The summed E-state index contributed by atoms with van der Waals surface area (Å²) >= 11 is 0. The van der Waals surface area contributed by atoms with Gasteiger partial charge in [-0.15, -0.1) is 0 Å². The van der Waals surface area contributed by atoms with Crippen molar-refractivity contribution in [1.82, 2.24) is 4.90 Å². The first-order valence-electron chi connectivity index (χ1n) is 6.89.